The average molecular weight is 693 g/mol. The number of hydrogen-bond donors (Lipinski definition) is 0. The van der Waals surface area contributed by atoms with E-state index in [0.717, 1.165) is 11.4 Å². The van der Waals surface area contributed by atoms with Crippen LogP contribution < -0.4 is 9.80 Å². The van der Waals surface area contributed by atoms with Crippen LogP contribution in [0.3, 0.4) is 0 Å². The Morgan fingerprint density at radius 3 is 0.741 bits per heavy atom. The summed E-state index contributed by atoms with van der Waals surface area (Å²) in [5.41, 5.74) is 14.5. The van der Waals surface area contributed by atoms with Gasteiger partial charge < -0.3 is 9.80 Å². The summed E-state index contributed by atoms with van der Waals surface area (Å²) in [6, 6.07) is 74.5. The number of nitrogens with zero attached hydrogens (tertiary/aromatic N) is 2. The van der Waals surface area contributed by atoms with Crippen molar-refractivity contribution in [2.45, 2.75) is 0 Å². The maximum atomic E-state index is 2.28. The van der Waals surface area contributed by atoms with Crippen LogP contribution in [0.4, 0.5) is 22.7 Å². The average Bonchev–Trinajstić information content (AvgIpc) is 3.26. The lowest BCUT2D eigenvalue weighted by atomic mass is 9.85. The zero-order chi connectivity index (χ0) is 36.4. The first kappa shape index (κ1) is 33.0. The van der Waals surface area contributed by atoms with Crippen molar-refractivity contribution in [2.75, 3.05) is 23.9 Å². The molecule has 9 aromatic rings. The number of anilines is 4. The van der Waals surface area contributed by atoms with E-state index in [1.165, 1.54) is 77.4 Å². The second-order valence-corrected chi connectivity index (χ2v) is 13.9. The van der Waals surface area contributed by atoms with E-state index in [2.05, 4.69) is 230 Å². The second-order valence-electron chi connectivity index (χ2n) is 13.9. The van der Waals surface area contributed by atoms with Gasteiger partial charge in [0.25, 0.3) is 0 Å². The van der Waals surface area contributed by atoms with Gasteiger partial charge >= 0.3 is 0 Å². The van der Waals surface area contributed by atoms with Crippen molar-refractivity contribution in [3.05, 3.63) is 206 Å². The molecule has 0 saturated carbocycles. The topological polar surface area (TPSA) is 6.48 Å². The first-order valence-corrected chi connectivity index (χ1v) is 18.6. The van der Waals surface area contributed by atoms with Crippen molar-refractivity contribution in [2.24, 2.45) is 0 Å². The molecular weight excluding hydrogens is 653 g/mol. The van der Waals surface area contributed by atoms with E-state index in [1.54, 1.807) is 0 Å². The standard InChI is InChI=1S/C52H40N2/c1-53(43-13-5-3-6-14-43)45-33-29-39(30-34-45)37-21-25-41(26-22-37)51-47-17-9-11-19-49(47)52(50-20-12-10-18-48(50)51)42-27-23-38(24-28-42)40-31-35-46(36-32-40)54(2)44-15-7-4-8-16-44/h3-36H,1-2H3. The van der Waals surface area contributed by atoms with Crippen molar-refractivity contribution in [1.29, 1.82) is 0 Å². The largest absolute Gasteiger partial charge is 0.345 e. The molecule has 2 heteroatoms. The Morgan fingerprint density at radius 1 is 0.222 bits per heavy atom. The maximum Gasteiger partial charge on any atom is 0.0408 e. The molecule has 0 aliphatic carbocycles. The first-order valence-electron chi connectivity index (χ1n) is 18.6. The molecule has 0 N–H and O–H groups in total. The van der Waals surface area contributed by atoms with Crippen LogP contribution in [0, 0.1) is 0 Å². The molecule has 0 aromatic heterocycles. The van der Waals surface area contributed by atoms with Gasteiger partial charge in [-0.2, -0.15) is 0 Å². The second kappa shape index (κ2) is 14.3. The molecular formula is C52H40N2. The quantitative estimate of drug-likeness (QED) is 0.146. The van der Waals surface area contributed by atoms with Crippen LogP contribution >= 0.6 is 0 Å². The molecule has 0 bridgehead atoms. The molecule has 0 unspecified atom stereocenters. The number of rotatable bonds is 8. The highest BCUT2D eigenvalue weighted by atomic mass is 15.1. The number of hydrogen-bond acceptors (Lipinski definition) is 2. The fraction of sp³-hybridized carbons (Fsp3) is 0.0385. The molecule has 0 saturated heterocycles. The van der Waals surface area contributed by atoms with Gasteiger partial charge in [0.05, 0.1) is 0 Å². The van der Waals surface area contributed by atoms with E-state index in [-0.39, 0.29) is 0 Å². The molecule has 0 heterocycles. The molecule has 0 spiro atoms. The maximum absolute atomic E-state index is 2.28. The van der Waals surface area contributed by atoms with E-state index < -0.39 is 0 Å². The van der Waals surface area contributed by atoms with Crippen molar-refractivity contribution in [3.8, 4) is 44.5 Å². The van der Waals surface area contributed by atoms with Gasteiger partial charge in [-0.25, -0.2) is 0 Å². The molecule has 9 aromatic carbocycles. The lowest BCUT2D eigenvalue weighted by Gasteiger charge is -2.20. The van der Waals surface area contributed by atoms with Crippen LogP contribution in [0.25, 0.3) is 66.1 Å². The van der Waals surface area contributed by atoms with E-state index in [4.69, 9.17) is 0 Å². The van der Waals surface area contributed by atoms with Crippen LogP contribution in [0.1, 0.15) is 0 Å². The highest BCUT2D eigenvalue weighted by molar-refractivity contribution is 6.21. The third-order valence-corrected chi connectivity index (χ3v) is 10.7. The Labute approximate surface area is 317 Å². The van der Waals surface area contributed by atoms with Crippen LogP contribution in [0.15, 0.2) is 206 Å². The summed E-state index contributed by atoms with van der Waals surface area (Å²) in [6.07, 6.45) is 0. The number of benzene rings is 9. The summed E-state index contributed by atoms with van der Waals surface area (Å²) in [7, 11) is 4.22. The van der Waals surface area contributed by atoms with Crippen molar-refractivity contribution in [1.82, 2.24) is 0 Å². The van der Waals surface area contributed by atoms with Gasteiger partial charge in [-0.3, -0.25) is 0 Å². The molecule has 0 aliphatic rings. The van der Waals surface area contributed by atoms with Crippen molar-refractivity contribution in [3.63, 3.8) is 0 Å². The normalized spacial score (nSPS) is 11.1. The zero-order valence-electron chi connectivity index (χ0n) is 30.5. The zero-order valence-corrected chi connectivity index (χ0v) is 30.5. The van der Waals surface area contributed by atoms with Crippen LogP contribution in [-0.2, 0) is 0 Å². The summed E-state index contributed by atoms with van der Waals surface area (Å²) < 4.78 is 0. The Hall–Kier alpha value is -6.90. The molecule has 2 nitrogen and oxygen atoms in total. The van der Waals surface area contributed by atoms with E-state index >= 15 is 0 Å². The van der Waals surface area contributed by atoms with Gasteiger partial charge in [0, 0.05) is 36.8 Å². The lowest BCUT2D eigenvalue weighted by molar-refractivity contribution is 1.21. The predicted molar refractivity (Wildman–Crippen MR) is 232 cm³/mol. The summed E-state index contributed by atoms with van der Waals surface area (Å²) in [5.74, 6) is 0. The van der Waals surface area contributed by atoms with Crippen LogP contribution in [-0.4, -0.2) is 14.1 Å². The molecule has 0 aliphatic heterocycles. The van der Waals surface area contributed by atoms with Crippen molar-refractivity contribution >= 4 is 44.3 Å². The van der Waals surface area contributed by atoms with Gasteiger partial charge in [0.1, 0.15) is 0 Å². The monoisotopic (exact) mass is 692 g/mol. The fourth-order valence-corrected chi connectivity index (χ4v) is 7.77. The third-order valence-electron chi connectivity index (χ3n) is 10.7. The Bertz CT molecular complexity index is 2430. The van der Waals surface area contributed by atoms with Crippen LogP contribution in [0.2, 0.25) is 0 Å². The SMILES string of the molecule is CN(c1ccccc1)c1ccc(-c2ccc(-c3c4ccccc4c(-c4ccc(-c5ccc(N(C)c6ccccc6)cc5)cc4)c4ccccc34)cc2)cc1. The highest BCUT2D eigenvalue weighted by Crippen LogP contribution is 2.44. The van der Waals surface area contributed by atoms with E-state index in [0.29, 0.717) is 0 Å². The van der Waals surface area contributed by atoms with E-state index in [1.807, 2.05) is 0 Å². The molecule has 0 amide bonds. The Morgan fingerprint density at radius 2 is 0.444 bits per heavy atom. The fourth-order valence-electron chi connectivity index (χ4n) is 7.77. The van der Waals surface area contributed by atoms with Gasteiger partial charge in [0.2, 0.25) is 0 Å². The van der Waals surface area contributed by atoms with E-state index in [9.17, 15) is 0 Å². The summed E-state index contributed by atoms with van der Waals surface area (Å²) >= 11 is 0. The third kappa shape index (κ3) is 6.18. The molecule has 0 atom stereocenters. The first-order chi connectivity index (χ1) is 26.6. The Kier molecular flexibility index (Phi) is 8.70. The van der Waals surface area contributed by atoms with Gasteiger partial charge in [0.15, 0.2) is 0 Å². The molecule has 9 rings (SSSR count). The smallest absolute Gasteiger partial charge is 0.0408 e. The van der Waals surface area contributed by atoms with Crippen LogP contribution in [0.5, 0.6) is 0 Å². The predicted octanol–water partition coefficient (Wildman–Crippen LogP) is 14.2. The summed E-state index contributed by atoms with van der Waals surface area (Å²) in [4.78, 5) is 4.43. The summed E-state index contributed by atoms with van der Waals surface area (Å²) in [6.45, 7) is 0. The minimum absolute atomic E-state index is 1.16. The summed E-state index contributed by atoms with van der Waals surface area (Å²) in [5, 5.41) is 5.04. The molecule has 258 valence electrons. The number of para-hydroxylation sites is 2. The molecule has 0 fully saturated rings. The lowest BCUT2D eigenvalue weighted by Crippen LogP contribution is -2.08. The Balaban J connectivity index is 1.04. The minimum atomic E-state index is 1.16. The minimum Gasteiger partial charge on any atom is -0.345 e. The number of fused-ring (bicyclic) bond motifs is 2. The van der Waals surface area contributed by atoms with Gasteiger partial charge in [-0.05, 0) is 115 Å². The van der Waals surface area contributed by atoms with Gasteiger partial charge in [-0.15, -0.1) is 0 Å². The molecule has 54 heavy (non-hydrogen) atoms. The molecule has 0 radical (unpaired) electrons. The highest BCUT2D eigenvalue weighted by Gasteiger charge is 2.17. The van der Waals surface area contributed by atoms with Gasteiger partial charge in [-0.1, -0.05) is 158 Å². The van der Waals surface area contributed by atoms with Crippen molar-refractivity contribution < 1.29 is 0 Å².